The van der Waals surface area contributed by atoms with Gasteiger partial charge in [0.15, 0.2) is 5.78 Å². The molecule has 1 saturated heterocycles. The first-order valence-corrected chi connectivity index (χ1v) is 8.67. The molecule has 0 radical (unpaired) electrons. The second-order valence-corrected chi connectivity index (χ2v) is 7.72. The highest BCUT2D eigenvalue weighted by Gasteiger charge is 2.42. The van der Waals surface area contributed by atoms with E-state index in [2.05, 4.69) is 15.9 Å². The number of hydrogen-bond donors (Lipinski definition) is 1. The molecular formula is C15H10BrNO4S2. The molecule has 8 heteroatoms. The zero-order valence-corrected chi connectivity index (χ0v) is 15.0. The summed E-state index contributed by atoms with van der Waals surface area (Å²) in [5.74, 6) is -1.82. The minimum absolute atomic E-state index is 0.151. The van der Waals surface area contributed by atoms with Crippen LogP contribution in [0.15, 0.2) is 27.6 Å². The average molecular weight is 412 g/mol. The van der Waals surface area contributed by atoms with Gasteiger partial charge in [-0.25, -0.2) is 4.79 Å². The summed E-state index contributed by atoms with van der Waals surface area (Å²) in [6.07, 6.45) is 0.233. The Balaban J connectivity index is 2.12. The van der Waals surface area contributed by atoms with Crippen LogP contribution in [-0.2, 0) is 20.8 Å². The summed E-state index contributed by atoms with van der Waals surface area (Å²) in [5, 5.41) is 9.12. The lowest BCUT2D eigenvalue weighted by molar-refractivity contribution is -0.144. The number of allylic oxidation sites excluding steroid dienone is 1. The fraction of sp³-hybridized carbons (Fsp3) is 0.200. The van der Waals surface area contributed by atoms with Gasteiger partial charge in [0.1, 0.15) is 10.4 Å². The number of carboxylic acid groups (broad SMARTS) is 1. The topological polar surface area (TPSA) is 74.7 Å². The molecule has 1 aliphatic carbocycles. The number of thioether (sulfide) groups is 1. The maximum atomic E-state index is 12.6. The monoisotopic (exact) mass is 411 g/mol. The number of carbonyl (C=O) groups excluding carboxylic acids is 2. The van der Waals surface area contributed by atoms with Crippen molar-refractivity contribution in [2.45, 2.75) is 19.4 Å². The third-order valence-corrected chi connectivity index (χ3v) is 5.64. The summed E-state index contributed by atoms with van der Waals surface area (Å²) < 4.78 is 0.960. The number of halogens is 1. The maximum absolute atomic E-state index is 12.6. The Labute approximate surface area is 149 Å². The lowest BCUT2D eigenvalue weighted by Gasteiger charge is -2.18. The van der Waals surface area contributed by atoms with Crippen molar-refractivity contribution in [1.29, 1.82) is 0 Å². The van der Waals surface area contributed by atoms with Gasteiger partial charge < -0.3 is 5.11 Å². The summed E-state index contributed by atoms with van der Waals surface area (Å²) in [7, 11) is 0. The largest absolute Gasteiger partial charge is 0.480 e. The van der Waals surface area contributed by atoms with Gasteiger partial charge in [-0.2, -0.15) is 0 Å². The van der Waals surface area contributed by atoms with Crippen LogP contribution >= 0.6 is 39.9 Å². The molecule has 0 spiro atoms. The normalized spacial score (nSPS) is 21.8. The van der Waals surface area contributed by atoms with E-state index in [1.54, 1.807) is 6.07 Å². The number of nitrogens with zero attached hydrogens (tertiary/aromatic N) is 1. The van der Waals surface area contributed by atoms with Crippen molar-refractivity contribution in [3.63, 3.8) is 0 Å². The molecule has 1 unspecified atom stereocenters. The Morgan fingerprint density at radius 1 is 1.43 bits per heavy atom. The molecule has 5 nitrogen and oxygen atoms in total. The SMILES string of the molecule is CC(C(=O)O)N1C(=O)/C(=C2/C(=O)Cc3ccc(Br)cc32)SC1=S. The van der Waals surface area contributed by atoms with Crippen molar-refractivity contribution in [2.75, 3.05) is 0 Å². The zero-order chi connectivity index (χ0) is 16.9. The minimum Gasteiger partial charge on any atom is -0.480 e. The summed E-state index contributed by atoms with van der Waals surface area (Å²) in [6, 6.07) is 4.40. The fourth-order valence-corrected chi connectivity index (χ4v) is 4.45. The van der Waals surface area contributed by atoms with Crippen LogP contribution < -0.4 is 0 Å². The number of amides is 1. The number of fused-ring (bicyclic) bond motifs is 1. The van der Waals surface area contributed by atoms with E-state index in [1.165, 1.54) is 6.92 Å². The van der Waals surface area contributed by atoms with Crippen LogP contribution in [0.2, 0.25) is 0 Å². The molecular weight excluding hydrogens is 402 g/mol. The van der Waals surface area contributed by atoms with Crippen molar-refractivity contribution in [3.05, 3.63) is 38.7 Å². The number of carboxylic acids is 1. The van der Waals surface area contributed by atoms with Gasteiger partial charge in [-0.3, -0.25) is 14.5 Å². The molecule has 1 N–H and O–H groups in total. The third-order valence-electron chi connectivity index (χ3n) is 3.74. The summed E-state index contributed by atoms with van der Waals surface area (Å²) >= 11 is 9.49. The van der Waals surface area contributed by atoms with E-state index in [9.17, 15) is 14.4 Å². The smallest absolute Gasteiger partial charge is 0.326 e. The average Bonchev–Trinajstić information content (AvgIpc) is 2.94. The van der Waals surface area contributed by atoms with Crippen LogP contribution in [0.25, 0.3) is 5.57 Å². The Morgan fingerprint density at radius 3 is 2.78 bits per heavy atom. The second-order valence-electron chi connectivity index (χ2n) is 5.16. The van der Waals surface area contributed by atoms with Gasteiger partial charge in [0, 0.05) is 16.5 Å². The van der Waals surface area contributed by atoms with Gasteiger partial charge in [0.05, 0.1) is 4.91 Å². The van der Waals surface area contributed by atoms with E-state index >= 15 is 0 Å². The van der Waals surface area contributed by atoms with Crippen LogP contribution in [-0.4, -0.2) is 38.0 Å². The van der Waals surface area contributed by atoms with Gasteiger partial charge in [-0.05, 0) is 30.2 Å². The standard InChI is InChI=1S/C15H10BrNO4S2/c1-6(14(20)21)17-13(19)12(23-15(17)22)11-9-5-8(16)3-2-7(9)4-10(11)18/h2-3,5-6H,4H2,1H3,(H,20,21)/b12-11-. The number of hydrogen-bond acceptors (Lipinski definition) is 5. The summed E-state index contributed by atoms with van der Waals surface area (Å²) in [6.45, 7) is 1.39. The Hall–Kier alpha value is -1.51. The van der Waals surface area contributed by atoms with E-state index in [-0.39, 0.29) is 21.4 Å². The van der Waals surface area contributed by atoms with E-state index in [0.29, 0.717) is 11.1 Å². The van der Waals surface area contributed by atoms with Crippen molar-refractivity contribution in [1.82, 2.24) is 4.90 Å². The highest BCUT2D eigenvalue weighted by atomic mass is 79.9. The molecule has 1 heterocycles. The van der Waals surface area contributed by atoms with Gasteiger partial charge >= 0.3 is 5.97 Å². The molecule has 23 heavy (non-hydrogen) atoms. The molecule has 1 aromatic rings. The molecule has 1 fully saturated rings. The molecule has 1 aliphatic heterocycles. The molecule has 1 amide bonds. The predicted molar refractivity (Wildman–Crippen MR) is 93.9 cm³/mol. The highest BCUT2D eigenvalue weighted by molar-refractivity contribution is 9.10. The summed E-state index contributed by atoms with van der Waals surface area (Å²) in [4.78, 5) is 37.4. The van der Waals surface area contributed by atoms with Crippen molar-refractivity contribution < 1.29 is 19.5 Å². The molecule has 3 rings (SSSR count). The quantitative estimate of drug-likeness (QED) is 0.595. The van der Waals surface area contributed by atoms with Crippen molar-refractivity contribution in [2.24, 2.45) is 0 Å². The van der Waals surface area contributed by atoms with Crippen LogP contribution in [0.5, 0.6) is 0 Å². The van der Waals surface area contributed by atoms with Crippen LogP contribution in [0.3, 0.4) is 0 Å². The Morgan fingerprint density at radius 2 is 2.13 bits per heavy atom. The lowest BCUT2D eigenvalue weighted by atomic mass is 10.1. The van der Waals surface area contributed by atoms with Crippen LogP contribution in [0.4, 0.5) is 0 Å². The number of aliphatic carboxylic acids is 1. The number of carbonyl (C=O) groups is 3. The third kappa shape index (κ3) is 2.64. The first-order valence-electron chi connectivity index (χ1n) is 6.65. The predicted octanol–water partition coefficient (Wildman–Crippen LogP) is 2.62. The van der Waals surface area contributed by atoms with E-state index < -0.39 is 17.9 Å². The van der Waals surface area contributed by atoms with Crippen molar-refractivity contribution >= 4 is 67.5 Å². The maximum Gasteiger partial charge on any atom is 0.326 e. The lowest BCUT2D eigenvalue weighted by Crippen LogP contribution is -2.41. The summed E-state index contributed by atoms with van der Waals surface area (Å²) in [5.41, 5.74) is 1.89. The first kappa shape index (κ1) is 16.4. The van der Waals surface area contributed by atoms with E-state index in [4.69, 9.17) is 17.3 Å². The van der Waals surface area contributed by atoms with Gasteiger partial charge in [-0.1, -0.05) is 46.0 Å². The molecule has 2 aliphatic rings. The van der Waals surface area contributed by atoms with Gasteiger partial charge in [0.25, 0.3) is 5.91 Å². The molecule has 0 saturated carbocycles. The minimum atomic E-state index is -1.14. The molecule has 0 bridgehead atoms. The number of rotatable bonds is 2. The molecule has 118 valence electrons. The van der Waals surface area contributed by atoms with Crippen molar-refractivity contribution in [3.8, 4) is 0 Å². The van der Waals surface area contributed by atoms with Gasteiger partial charge in [0.2, 0.25) is 0 Å². The number of Topliss-reactive ketones (excluding diaryl/α,β-unsaturated/α-hetero) is 1. The molecule has 1 aromatic carbocycles. The fourth-order valence-electron chi connectivity index (χ4n) is 2.57. The van der Waals surface area contributed by atoms with Crippen LogP contribution in [0.1, 0.15) is 18.1 Å². The number of ketones is 1. The highest BCUT2D eigenvalue weighted by Crippen LogP contribution is 2.42. The van der Waals surface area contributed by atoms with Gasteiger partial charge in [-0.15, -0.1) is 0 Å². The zero-order valence-electron chi connectivity index (χ0n) is 11.8. The number of benzene rings is 1. The second kappa shape index (κ2) is 5.85. The number of thiocarbonyl (C=S) groups is 1. The van der Waals surface area contributed by atoms with Crippen LogP contribution in [0, 0.1) is 0 Å². The van der Waals surface area contributed by atoms with E-state index in [1.807, 2.05) is 12.1 Å². The Bertz CT molecular complexity index is 818. The first-order chi connectivity index (χ1) is 10.8. The Kier molecular flexibility index (Phi) is 4.16. The molecule has 0 aromatic heterocycles. The van der Waals surface area contributed by atoms with E-state index in [0.717, 1.165) is 26.7 Å². The molecule has 1 atom stereocenters.